The van der Waals surface area contributed by atoms with Crippen LogP contribution in [0.3, 0.4) is 0 Å². The van der Waals surface area contributed by atoms with Gasteiger partial charge in [0, 0.05) is 18.5 Å². The second kappa shape index (κ2) is 4.52. The summed E-state index contributed by atoms with van der Waals surface area (Å²) >= 11 is 0. The van der Waals surface area contributed by atoms with Gasteiger partial charge in [0.2, 0.25) is 5.78 Å². The lowest BCUT2D eigenvalue weighted by Gasteiger charge is -2.07. The number of benzene rings is 1. The Morgan fingerprint density at radius 1 is 1.44 bits per heavy atom. The average Bonchev–Trinajstić information content (AvgIpc) is 3.00. The Bertz CT molecular complexity index is 564. The summed E-state index contributed by atoms with van der Waals surface area (Å²) in [7, 11) is 0. The first-order valence-corrected chi connectivity index (χ1v) is 5.73. The number of ether oxygens (including phenoxy) is 2. The fourth-order valence-corrected chi connectivity index (χ4v) is 1.85. The van der Waals surface area contributed by atoms with Crippen LogP contribution in [0.25, 0.3) is 0 Å². The van der Waals surface area contributed by atoms with Crippen molar-refractivity contribution in [3.63, 3.8) is 0 Å². The van der Waals surface area contributed by atoms with Crippen molar-refractivity contribution in [2.45, 2.75) is 6.54 Å². The molecule has 1 aromatic heterocycles. The number of carbonyl (C=O) groups excluding carboxylic acids is 1. The van der Waals surface area contributed by atoms with E-state index >= 15 is 0 Å². The molecular formula is C13H12N2O3. The molecule has 5 nitrogen and oxygen atoms in total. The number of nitrogens with zero attached hydrogens (tertiary/aromatic N) is 2. The first-order valence-electron chi connectivity index (χ1n) is 5.73. The molecule has 0 amide bonds. The van der Waals surface area contributed by atoms with Gasteiger partial charge < -0.3 is 9.47 Å². The zero-order chi connectivity index (χ0) is 12.4. The topological polar surface area (TPSA) is 53.4 Å². The lowest BCUT2D eigenvalue weighted by molar-refractivity contribution is 0.0961. The summed E-state index contributed by atoms with van der Waals surface area (Å²) in [5.74, 6) is 1.33. The van der Waals surface area contributed by atoms with Gasteiger partial charge in [-0.1, -0.05) is 0 Å². The van der Waals surface area contributed by atoms with E-state index < -0.39 is 0 Å². The predicted molar refractivity (Wildman–Crippen MR) is 64.0 cm³/mol. The van der Waals surface area contributed by atoms with Crippen molar-refractivity contribution >= 4 is 5.78 Å². The molecule has 18 heavy (non-hydrogen) atoms. The maximum absolute atomic E-state index is 11.4. The van der Waals surface area contributed by atoms with Crippen LogP contribution in [-0.2, 0) is 6.54 Å². The maximum atomic E-state index is 11.4. The van der Waals surface area contributed by atoms with Crippen molar-refractivity contribution in [3.05, 3.63) is 42.2 Å². The molecule has 0 unspecified atom stereocenters. The van der Waals surface area contributed by atoms with Crippen molar-refractivity contribution in [2.75, 3.05) is 13.2 Å². The molecule has 0 bridgehead atoms. The van der Waals surface area contributed by atoms with Gasteiger partial charge in [-0.15, -0.1) is 0 Å². The van der Waals surface area contributed by atoms with Gasteiger partial charge in [0.05, 0.1) is 12.1 Å². The van der Waals surface area contributed by atoms with Crippen LogP contribution in [-0.4, -0.2) is 28.8 Å². The molecule has 0 fully saturated rings. The number of fused-ring (bicyclic) bond motifs is 1. The van der Waals surface area contributed by atoms with Crippen LogP contribution in [0.5, 0.6) is 11.5 Å². The molecule has 5 heteroatoms. The van der Waals surface area contributed by atoms with E-state index in [4.69, 9.17) is 9.47 Å². The Balaban J connectivity index is 1.62. The van der Waals surface area contributed by atoms with E-state index in [9.17, 15) is 4.79 Å². The SMILES string of the molecule is O=C1COc2cc(OCCn3cccn3)ccc21. The quantitative estimate of drug-likeness (QED) is 0.818. The molecule has 0 atom stereocenters. The van der Waals surface area contributed by atoms with Crippen molar-refractivity contribution in [3.8, 4) is 11.5 Å². The van der Waals surface area contributed by atoms with E-state index in [2.05, 4.69) is 5.10 Å². The highest BCUT2D eigenvalue weighted by Gasteiger charge is 2.21. The number of carbonyl (C=O) groups is 1. The summed E-state index contributed by atoms with van der Waals surface area (Å²) in [6.07, 6.45) is 3.61. The predicted octanol–water partition coefficient (Wildman–Crippen LogP) is 1.54. The molecule has 0 radical (unpaired) electrons. The van der Waals surface area contributed by atoms with Crippen LogP contribution >= 0.6 is 0 Å². The van der Waals surface area contributed by atoms with Crippen molar-refractivity contribution in [1.29, 1.82) is 0 Å². The summed E-state index contributed by atoms with van der Waals surface area (Å²) in [5.41, 5.74) is 0.634. The lowest BCUT2D eigenvalue weighted by atomic mass is 10.1. The second-order valence-electron chi connectivity index (χ2n) is 3.99. The van der Waals surface area contributed by atoms with Crippen LogP contribution in [0.4, 0.5) is 0 Å². The number of hydrogen-bond donors (Lipinski definition) is 0. The smallest absolute Gasteiger partial charge is 0.203 e. The third-order valence-corrected chi connectivity index (χ3v) is 2.76. The Morgan fingerprint density at radius 2 is 2.39 bits per heavy atom. The average molecular weight is 244 g/mol. The number of ketones is 1. The summed E-state index contributed by atoms with van der Waals surface area (Å²) in [4.78, 5) is 11.4. The summed E-state index contributed by atoms with van der Waals surface area (Å²) < 4.78 is 12.6. The largest absolute Gasteiger partial charge is 0.492 e. The molecule has 0 spiro atoms. The molecule has 0 saturated heterocycles. The minimum absolute atomic E-state index is 0.0214. The van der Waals surface area contributed by atoms with E-state index in [0.29, 0.717) is 30.2 Å². The molecule has 2 heterocycles. The number of hydrogen-bond acceptors (Lipinski definition) is 4. The summed E-state index contributed by atoms with van der Waals surface area (Å²) in [6, 6.07) is 7.15. The van der Waals surface area contributed by atoms with Gasteiger partial charge in [-0.3, -0.25) is 9.48 Å². The fraction of sp³-hybridized carbons (Fsp3) is 0.231. The zero-order valence-electron chi connectivity index (χ0n) is 9.70. The van der Waals surface area contributed by atoms with Gasteiger partial charge in [-0.25, -0.2) is 0 Å². The molecule has 0 N–H and O–H groups in total. The normalized spacial score (nSPS) is 13.2. The molecule has 0 saturated carbocycles. The van der Waals surface area contributed by atoms with Gasteiger partial charge in [-0.05, 0) is 18.2 Å². The molecule has 1 aliphatic rings. The number of aromatic nitrogens is 2. The number of Topliss-reactive ketones (excluding diaryl/α,β-unsaturated/α-hetero) is 1. The molecule has 0 aliphatic carbocycles. The highest BCUT2D eigenvalue weighted by molar-refractivity contribution is 6.02. The van der Waals surface area contributed by atoms with E-state index in [1.807, 2.05) is 12.3 Å². The Labute approximate surface area is 104 Å². The maximum Gasteiger partial charge on any atom is 0.203 e. The first-order chi connectivity index (χ1) is 8.83. The molecule has 2 aromatic rings. The van der Waals surface area contributed by atoms with Gasteiger partial charge in [0.1, 0.15) is 18.1 Å². The first kappa shape index (κ1) is 10.8. The van der Waals surface area contributed by atoms with E-state index in [0.717, 1.165) is 0 Å². The van der Waals surface area contributed by atoms with Gasteiger partial charge in [0.15, 0.2) is 6.61 Å². The number of rotatable bonds is 4. The second-order valence-corrected chi connectivity index (χ2v) is 3.99. The molecule has 1 aliphatic heterocycles. The molecule has 1 aromatic carbocycles. The third-order valence-electron chi connectivity index (χ3n) is 2.76. The van der Waals surface area contributed by atoms with Crippen LogP contribution in [0.1, 0.15) is 10.4 Å². The van der Waals surface area contributed by atoms with Crippen LogP contribution in [0.2, 0.25) is 0 Å². The van der Waals surface area contributed by atoms with Crippen molar-refractivity contribution in [1.82, 2.24) is 9.78 Å². The monoisotopic (exact) mass is 244 g/mol. The fourth-order valence-electron chi connectivity index (χ4n) is 1.85. The standard InChI is InChI=1S/C13H12N2O3/c16-12-9-18-13-8-10(2-3-11(12)13)17-7-6-15-5-1-4-14-15/h1-5,8H,6-7,9H2. The zero-order valence-corrected chi connectivity index (χ0v) is 9.70. The van der Waals surface area contributed by atoms with Crippen LogP contribution in [0, 0.1) is 0 Å². The van der Waals surface area contributed by atoms with Crippen LogP contribution < -0.4 is 9.47 Å². The van der Waals surface area contributed by atoms with Gasteiger partial charge >= 0.3 is 0 Å². The van der Waals surface area contributed by atoms with E-state index in [1.165, 1.54) is 0 Å². The third kappa shape index (κ3) is 2.07. The molecular weight excluding hydrogens is 232 g/mol. The highest BCUT2D eigenvalue weighted by Crippen LogP contribution is 2.29. The van der Waals surface area contributed by atoms with Gasteiger partial charge in [0.25, 0.3) is 0 Å². The lowest BCUT2D eigenvalue weighted by Crippen LogP contribution is -2.08. The Hall–Kier alpha value is -2.30. The minimum Gasteiger partial charge on any atom is -0.492 e. The minimum atomic E-state index is 0.0214. The molecule has 92 valence electrons. The van der Waals surface area contributed by atoms with Crippen molar-refractivity contribution in [2.24, 2.45) is 0 Å². The van der Waals surface area contributed by atoms with Gasteiger partial charge in [-0.2, -0.15) is 5.10 Å². The Kier molecular flexibility index (Phi) is 2.72. The van der Waals surface area contributed by atoms with Crippen LogP contribution in [0.15, 0.2) is 36.7 Å². The van der Waals surface area contributed by atoms with E-state index in [-0.39, 0.29) is 12.4 Å². The van der Waals surface area contributed by atoms with Crippen molar-refractivity contribution < 1.29 is 14.3 Å². The summed E-state index contributed by atoms with van der Waals surface area (Å²) in [5, 5.41) is 4.08. The summed E-state index contributed by atoms with van der Waals surface area (Å²) in [6.45, 7) is 1.34. The van der Waals surface area contributed by atoms with E-state index in [1.54, 1.807) is 29.1 Å². The molecule has 3 rings (SSSR count). The Morgan fingerprint density at radius 3 is 3.22 bits per heavy atom. The highest BCUT2D eigenvalue weighted by atomic mass is 16.5.